The number of ether oxygens (including phenoxy) is 1. The lowest BCUT2D eigenvalue weighted by molar-refractivity contribution is 0.275. The van der Waals surface area contributed by atoms with Crippen LogP contribution in [0.25, 0.3) is 0 Å². The highest BCUT2D eigenvalue weighted by Crippen LogP contribution is 2.16. The van der Waals surface area contributed by atoms with E-state index in [2.05, 4.69) is 36.5 Å². The highest BCUT2D eigenvalue weighted by Gasteiger charge is 2.10. The maximum atomic E-state index is 5.82. The van der Waals surface area contributed by atoms with E-state index >= 15 is 0 Å². The molecular formula is C19H25NO. The number of nitrogens with one attached hydrogen (secondary N) is 1. The fraction of sp³-hybridized carbons (Fsp3) is 0.368. The van der Waals surface area contributed by atoms with Gasteiger partial charge in [-0.15, -0.1) is 0 Å². The van der Waals surface area contributed by atoms with Crippen LogP contribution >= 0.6 is 0 Å². The Balaban J connectivity index is 1.86. The number of benzene rings is 2. The van der Waals surface area contributed by atoms with Gasteiger partial charge < -0.3 is 10.1 Å². The Morgan fingerprint density at radius 1 is 1.00 bits per heavy atom. The van der Waals surface area contributed by atoms with Gasteiger partial charge in [0.2, 0.25) is 0 Å². The minimum absolute atomic E-state index is 0.597. The minimum Gasteiger partial charge on any atom is -0.494 e. The maximum absolute atomic E-state index is 5.82. The molecule has 112 valence electrons. The van der Waals surface area contributed by atoms with Crippen molar-refractivity contribution < 1.29 is 4.74 Å². The molecule has 0 saturated heterocycles. The lowest BCUT2D eigenvalue weighted by Crippen LogP contribution is -2.23. The summed E-state index contributed by atoms with van der Waals surface area (Å²) in [5, 5.41) is 3.30. The number of hydrogen-bond donors (Lipinski definition) is 1. The Morgan fingerprint density at radius 2 is 1.71 bits per heavy atom. The van der Waals surface area contributed by atoms with Crippen molar-refractivity contribution in [1.82, 2.24) is 5.32 Å². The molecule has 21 heavy (non-hydrogen) atoms. The molecule has 2 aromatic rings. The predicted molar refractivity (Wildman–Crippen MR) is 88.9 cm³/mol. The van der Waals surface area contributed by atoms with Gasteiger partial charge in [0.15, 0.2) is 0 Å². The summed E-state index contributed by atoms with van der Waals surface area (Å²) in [7, 11) is 2.02. The zero-order valence-corrected chi connectivity index (χ0v) is 13.0. The second-order valence-electron chi connectivity index (χ2n) is 5.50. The quantitative estimate of drug-likeness (QED) is 0.794. The van der Waals surface area contributed by atoms with Crippen LogP contribution < -0.4 is 10.1 Å². The third-order valence-electron chi connectivity index (χ3n) is 3.80. The molecular weight excluding hydrogens is 258 g/mol. The fourth-order valence-electron chi connectivity index (χ4n) is 2.58. The van der Waals surface area contributed by atoms with E-state index in [9.17, 15) is 0 Å². The van der Waals surface area contributed by atoms with Crippen LogP contribution in [0, 0.1) is 12.8 Å². The number of aryl methyl sites for hydroxylation is 1. The smallest absolute Gasteiger partial charge is 0.119 e. The summed E-state index contributed by atoms with van der Waals surface area (Å²) >= 11 is 0. The SMILES string of the molecule is CNCC(CCOc1ccccc1)Cc1ccccc1C. The summed E-state index contributed by atoms with van der Waals surface area (Å²) < 4.78 is 5.82. The van der Waals surface area contributed by atoms with Crippen molar-refractivity contribution in [3.63, 3.8) is 0 Å². The van der Waals surface area contributed by atoms with Gasteiger partial charge in [0.1, 0.15) is 5.75 Å². The van der Waals surface area contributed by atoms with Crippen LogP contribution in [0.2, 0.25) is 0 Å². The van der Waals surface area contributed by atoms with E-state index in [1.165, 1.54) is 11.1 Å². The van der Waals surface area contributed by atoms with Gasteiger partial charge in [0.25, 0.3) is 0 Å². The molecule has 0 radical (unpaired) electrons. The molecule has 0 bridgehead atoms. The predicted octanol–water partition coefficient (Wildman–Crippen LogP) is 3.84. The summed E-state index contributed by atoms with van der Waals surface area (Å²) in [6.07, 6.45) is 2.16. The van der Waals surface area contributed by atoms with Gasteiger partial charge in [-0.05, 0) is 62.5 Å². The first kappa shape index (κ1) is 15.6. The number of rotatable bonds is 8. The average molecular weight is 283 g/mol. The summed E-state index contributed by atoms with van der Waals surface area (Å²) in [4.78, 5) is 0. The largest absolute Gasteiger partial charge is 0.494 e. The van der Waals surface area contributed by atoms with Crippen LogP contribution in [-0.4, -0.2) is 20.2 Å². The highest BCUT2D eigenvalue weighted by molar-refractivity contribution is 5.26. The third-order valence-corrected chi connectivity index (χ3v) is 3.80. The van der Waals surface area contributed by atoms with E-state index < -0.39 is 0 Å². The Morgan fingerprint density at radius 3 is 2.43 bits per heavy atom. The fourth-order valence-corrected chi connectivity index (χ4v) is 2.58. The summed E-state index contributed by atoms with van der Waals surface area (Å²) in [6.45, 7) is 3.97. The molecule has 0 spiro atoms. The second kappa shape index (κ2) is 8.48. The van der Waals surface area contributed by atoms with Gasteiger partial charge in [-0.25, -0.2) is 0 Å². The highest BCUT2D eigenvalue weighted by atomic mass is 16.5. The van der Waals surface area contributed by atoms with Gasteiger partial charge >= 0.3 is 0 Å². The van der Waals surface area contributed by atoms with Gasteiger partial charge in [-0.2, -0.15) is 0 Å². The van der Waals surface area contributed by atoms with Crippen molar-refractivity contribution in [2.75, 3.05) is 20.2 Å². The first-order valence-corrected chi connectivity index (χ1v) is 7.66. The average Bonchev–Trinajstić information content (AvgIpc) is 2.51. The van der Waals surface area contributed by atoms with Gasteiger partial charge in [0.05, 0.1) is 6.61 Å². The topological polar surface area (TPSA) is 21.3 Å². The molecule has 0 heterocycles. The van der Waals surface area contributed by atoms with E-state index in [4.69, 9.17) is 4.74 Å². The van der Waals surface area contributed by atoms with Gasteiger partial charge in [-0.3, -0.25) is 0 Å². The summed E-state index contributed by atoms with van der Waals surface area (Å²) in [5.74, 6) is 1.55. The molecule has 1 unspecified atom stereocenters. The van der Waals surface area contributed by atoms with Crippen molar-refractivity contribution in [3.05, 3.63) is 65.7 Å². The molecule has 1 atom stereocenters. The van der Waals surface area contributed by atoms with Crippen LogP contribution in [0.5, 0.6) is 5.75 Å². The molecule has 0 aromatic heterocycles. The molecule has 1 N–H and O–H groups in total. The zero-order valence-electron chi connectivity index (χ0n) is 13.0. The van der Waals surface area contributed by atoms with Gasteiger partial charge in [-0.1, -0.05) is 42.5 Å². The molecule has 0 fully saturated rings. The molecule has 0 aliphatic heterocycles. The molecule has 2 heteroatoms. The lowest BCUT2D eigenvalue weighted by atomic mass is 9.94. The third kappa shape index (κ3) is 5.24. The lowest BCUT2D eigenvalue weighted by Gasteiger charge is -2.18. The molecule has 2 rings (SSSR count). The van der Waals surface area contributed by atoms with E-state index in [-0.39, 0.29) is 0 Å². The molecule has 2 nitrogen and oxygen atoms in total. The number of para-hydroxylation sites is 1. The Kier molecular flexibility index (Phi) is 6.29. The molecule has 0 saturated carbocycles. The van der Waals surface area contributed by atoms with Gasteiger partial charge in [0, 0.05) is 0 Å². The van der Waals surface area contributed by atoms with Crippen LogP contribution in [0.4, 0.5) is 0 Å². The standard InChI is InChI=1S/C19H25NO/c1-16-8-6-7-9-18(16)14-17(15-20-2)12-13-21-19-10-4-3-5-11-19/h3-11,17,20H,12-15H2,1-2H3. The second-order valence-corrected chi connectivity index (χ2v) is 5.50. The van der Waals surface area contributed by atoms with E-state index in [0.717, 1.165) is 31.7 Å². The normalized spacial score (nSPS) is 12.1. The Hall–Kier alpha value is -1.80. The zero-order chi connectivity index (χ0) is 14.9. The van der Waals surface area contributed by atoms with Crippen molar-refractivity contribution in [2.45, 2.75) is 19.8 Å². The molecule has 2 aromatic carbocycles. The monoisotopic (exact) mass is 283 g/mol. The first-order valence-electron chi connectivity index (χ1n) is 7.66. The van der Waals surface area contributed by atoms with Crippen LogP contribution in [0.1, 0.15) is 17.5 Å². The van der Waals surface area contributed by atoms with Crippen molar-refractivity contribution >= 4 is 0 Å². The van der Waals surface area contributed by atoms with Crippen molar-refractivity contribution in [2.24, 2.45) is 5.92 Å². The first-order chi connectivity index (χ1) is 10.3. The summed E-state index contributed by atoms with van der Waals surface area (Å²) in [6, 6.07) is 18.7. The van der Waals surface area contributed by atoms with Crippen LogP contribution in [0.3, 0.4) is 0 Å². The maximum Gasteiger partial charge on any atom is 0.119 e. The van der Waals surface area contributed by atoms with E-state index in [1.54, 1.807) is 0 Å². The Labute approximate surface area is 128 Å². The van der Waals surface area contributed by atoms with E-state index in [0.29, 0.717) is 5.92 Å². The molecule has 0 aliphatic rings. The molecule has 0 amide bonds. The van der Waals surface area contributed by atoms with Crippen molar-refractivity contribution in [1.29, 1.82) is 0 Å². The minimum atomic E-state index is 0.597. The van der Waals surface area contributed by atoms with Crippen molar-refractivity contribution in [3.8, 4) is 5.75 Å². The molecule has 0 aliphatic carbocycles. The Bertz CT molecular complexity index is 524. The summed E-state index contributed by atoms with van der Waals surface area (Å²) in [5.41, 5.74) is 2.82. The van der Waals surface area contributed by atoms with Crippen LogP contribution in [-0.2, 0) is 6.42 Å². The van der Waals surface area contributed by atoms with Crippen LogP contribution in [0.15, 0.2) is 54.6 Å². The van der Waals surface area contributed by atoms with E-state index in [1.807, 2.05) is 37.4 Å². The number of hydrogen-bond acceptors (Lipinski definition) is 2.